The molecule has 0 aromatic rings. The van der Waals surface area contributed by atoms with Crippen LogP contribution in [0.2, 0.25) is 0 Å². The largest absolute Gasteiger partial charge is 0.339 e. The van der Waals surface area contributed by atoms with Crippen molar-refractivity contribution in [1.29, 1.82) is 0 Å². The van der Waals surface area contributed by atoms with Gasteiger partial charge in [-0.1, -0.05) is 15.9 Å². The number of rotatable bonds is 2. The lowest BCUT2D eigenvalue weighted by molar-refractivity contribution is -0.128. The predicted octanol–water partition coefficient (Wildman–Crippen LogP) is 1.39. The van der Waals surface area contributed by atoms with Gasteiger partial charge in [-0.15, -0.1) is 0 Å². The van der Waals surface area contributed by atoms with E-state index in [2.05, 4.69) is 22.9 Å². The highest BCUT2D eigenvalue weighted by molar-refractivity contribution is 9.09. The maximum atomic E-state index is 11.1. The van der Waals surface area contributed by atoms with Crippen LogP contribution in [0.25, 0.3) is 0 Å². The van der Waals surface area contributed by atoms with Crippen LogP contribution in [0, 0.1) is 0 Å². The topological polar surface area (TPSA) is 20.3 Å². The minimum absolute atomic E-state index is 0.312. The Morgan fingerprint density at radius 1 is 1.80 bits per heavy atom. The lowest BCUT2D eigenvalue weighted by atomic mass is 10.2. The molecule has 0 saturated carbocycles. The van der Waals surface area contributed by atoms with Gasteiger partial charge in [0.05, 0.1) is 0 Å². The fourth-order valence-electron chi connectivity index (χ4n) is 1.31. The lowest BCUT2D eigenvalue weighted by Crippen LogP contribution is -2.32. The summed E-state index contributed by atoms with van der Waals surface area (Å²) in [5, 5.41) is 0.892. The molecule has 0 aromatic carbocycles. The van der Waals surface area contributed by atoms with Gasteiger partial charge in [-0.25, -0.2) is 0 Å². The molecule has 1 amide bonds. The maximum absolute atomic E-state index is 11.1. The van der Waals surface area contributed by atoms with Crippen LogP contribution in [0.4, 0.5) is 0 Å². The summed E-state index contributed by atoms with van der Waals surface area (Å²) in [5.74, 6) is 0.312. The van der Waals surface area contributed by atoms with Crippen molar-refractivity contribution in [2.45, 2.75) is 25.8 Å². The molecular weight excluding hydrogens is 194 g/mol. The van der Waals surface area contributed by atoms with Crippen LogP contribution in [-0.4, -0.2) is 28.7 Å². The Kier molecular flexibility index (Phi) is 2.72. The van der Waals surface area contributed by atoms with Crippen LogP contribution < -0.4 is 0 Å². The highest BCUT2D eigenvalue weighted by Crippen LogP contribution is 2.17. The average molecular weight is 206 g/mol. The number of carbonyl (C=O) groups excluding carboxylic acids is 1. The van der Waals surface area contributed by atoms with Crippen molar-refractivity contribution >= 4 is 21.8 Å². The Hall–Kier alpha value is -0.0500. The minimum atomic E-state index is 0.312. The first-order valence-electron chi connectivity index (χ1n) is 3.61. The molecule has 0 bridgehead atoms. The van der Waals surface area contributed by atoms with E-state index < -0.39 is 0 Å². The molecule has 1 saturated heterocycles. The summed E-state index contributed by atoms with van der Waals surface area (Å²) in [5.41, 5.74) is 0. The molecule has 1 fully saturated rings. The third-order valence-corrected chi connectivity index (χ3v) is 2.31. The van der Waals surface area contributed by atoms with E-state index in [1.54, 1.807) is 0 Å². The van der Waals surface area contributed by atoms with E-state index in [1.807, 2.05) is 4.90 Å². The molecule has 58 valence electrons. The summed E-state index contributed by atoms with van der Waals surface area (Å²) >= 11 is 3.32. The van der Waals surface area contributed by atoms with Gasteiger partial charge in [-0.3, -0.25) is 4.79 Å². The monoisotopic (exact) mass is 205 g/mol. The maximum Gasteiger partial charge on any atom is 0.222 e. The van der Waals surface area contributed by atoms with Crippen molar-refractivity contribution in [3.63, 3.8) is 0 Å². The number of nitrogens with zero attached hydrogens (tertiary/aromatic N) is 1. The number of likely N-dealkylation sites (tertiary alicyclic amines) is 1. The smallest absolute Gasteiger partial charge is 0.222 e. The van der Waals surface area contributed by atoms with E-state index >= 15 is 0 Å². The van der Waals surface area contributed by atoms with Crippen molar-refractivity contribution in [2.24, 2.45) is 0 Å². The minimum Gasteiger partial charge on any atom is -0.339 e. The Balaban J connectivity index is 2.46. The van der Waals surface area contributed by atoms with Crippen LogP contribution in [-0.2, 0) is 4.79 Å². The second-order valence-electron chi connectivity index (χ2n) is 2.66. The fraction of sp³-hybridized carbons (Fsp3) is 0.857. The van der Waals surface area contributed by atoms with Crippen molar-refractivity contribution in [3.8, 4) is 0 Å². The first-order chi connectivity index (χ1) is 4.75. The Morgan fingerprint density at radius 3 is 2.90 bits per heavy atom. The van der Waals surface area contributed by atoms with Crippen LogP contribution in [0.3, 0.4) is 0 Å². The van der Waals surface area contributed by atoms with Crippen LogP contribution in [0.5, 0.6) is 0 Å². The Labute approximate surface area is 69.7 Å². The summed E-state index contributed by atoms with van der Waals surface area (Å²) in [6.45, 7) is 2.97. The zero-order valence-electron chi connectivity index (χ0n) is 6.14. The molecule has 1 unspecified atom stereocenters. The SMILES string of the molecule is CC1CCC(=O)N1CCBr. The number of carbonyl (C=O) groups is 1. The zero-order chi connectivity index (χ0) is 7.56. The first kappa shape index (κ1) is 8.05. The molecule has 0 aliphatic carbocycles. The molecule has 1 rings (SSSR count). The summed E-state index contributed by atoms with van der Waals surface area (Å²) in [7, 11) is 0. The molecular formula is C7H12BrNO. The first-order valence-corrected chi connectivity index (χ1v) is 4.73. The molecule has 10 heavy (non-hydrogen) atoms. The Morgan fingerprint density at radius 2 is 2.50 bits per heavy atom. The van der Waals surface area contributed by atoms with Crippen molar-refractivity contribution in [3.05, 3.63) is 0 Å². The summed E-state index contributed by atoms with van der Waals surface area (Å²) < 4.78 is 0. The summed E-state index contributed by atoms with van der Waals surface area (Å²) in [4.78, 5) is 13.0. The van der Waals surface area contributed by atoms with Gasteiger partial charge in [0.15, 0.2) is 0 Å². The standard InChI is InChI=1S/C7H12BrNO/c1-6-2-3-7(10)9(6)5-4-8/h6H,2-5H2,1H3. The van der Waals surface area contributed by atoms with Gasteiger partial charge in [0.2, 0.25) is 5.91 Å². The number of halogens is 1. The Bertz CT molecular complexity index is 138. The van der Waals surface area contributed by atoms with Crippen molar-refractivity contribution in [2.75, 3.05) is 11.9 Å². The van der Waals surface area contributed by atoms with E-state index in [-0.39, 0.29) is 0 Å². The van der Waals surface area contributed by atoms with Gasteiger partial charge >= 0.3 is 0 Å². The van der Waals surface area contributed by atoms with E-state index in [4.69, 9.17) is 0 Å². The molecule has 0 aromatic heterocycles. The molecule has 0 radical (unpaired) electrons. The molecule has 3 heteroatoms. The van der Waals surface area contributed by atoms with Gasteiger partial charge in [-0.05, 0) is 13.3 Å². The van der Waals surface area contributed by atoms with E-state index in [9.17, 15) is 4.79 Å². The number of hydrogen-bond acceptors (Lipinski definition) is 1. The molecule has 1 atom stereocenters. The number of hydrogen-bond donors (Lipinski definition) is 0. The van der Waals surface area contributed by atoms with Crippen LogP contribution in [0.15, 0.2) is 0 Å². The highest BCUT2D eigenvalue weighted by atomic mass is 79.9. The molecule has 0 spiro atoms. The predicted molar refractivity (Wildman–Crippen MR) is 44.2 cm³/mol. The van der Waals surface area contributed by atoms with Gasteiger partial charge < -0.3 is 4.90 Å². The molecule has 1 aliphatic rings. The molecule has 2 nitrogen and oxygen atoms in total. The van der Waals surface area contributed by atoms with Gasteiger partial charge in [0.1, 0.15) is 0 Å². The third kappa shape index (κ3) is 1.51. The molecule has 0 N–H and O–H groups in total. The third-order valence-electron chi connectivity index (χ3n) is 1.95. The van der Waals surface area contributed by atoms with Crippen molar-refractivity contribution < 1.29 is 4.79 Å². The lowest BCUT2D eigenvalue weighted by Gasteiger charge is -2.19. The molecule has 1 heterocycles. The van der Waals surface area contributed by atoms with Crippen molar-refractivity contribution in [1.82, 2.24) is 4.90 Å². The normalized spacial score (nSPS) is 26.0. The van der Waals surface area contributed by atoms with E-state index in [0.29, 0.717) is 11.9 Å². The van der Waals surface area contributed by atoms with Gasteiger partial charge in [-0.2, -0.15) is 0 Å². The quantitative estimate of drug-likeness (QED) is 0.625. The fourth-order valence-corrected chi connectivity index (χ4v) is 1.70. The zero-order valence-corrected chi connectivity index (χ0v) is 7.73. The number of amides is 1. The second-order valence-corrected chi connectivity index (χ2v) is 3.46. The van der Waals surface area contributed by atoms with E-state index in [1.165, 1.54) is 0 Å². The van der Waals surface area contributed by atoms with Crippen LogP contribution in [0.1, 0.15) is 19.8 Å². The van der Waals surface area contributed by atoms with E-state index in [0.717, 1.165) is 24.7 Å². The van der Waals surface area contributed by atoms with Crippen LogP contribution >= 0.6 is 15.9 Å². The highest BCUT2D eigenvalue weighted by Gasteiger charge is 2.25. The second kappa shape index (κ2) is 3.37. The summed E-state index contributed by atoms with van der Waals surface area (Å²) in [6, 6.07) is 0.463. The van der Waals surface area contributed by atoms with Gasteiger partial charge in [0.25, 0.3) is 0 Å². The molecule has 1 aliphatic heterocycles. The average Bonchev–Trinajstić information content (AvgIpc) is 2.20. The van der Waals surface area contributed by atoms with Gasteiger partial charge in [0, 0.05) is 24.3 Å². The summed E-state index contributed by atoms with van der Waals surface area (Å²) in [6.07, 6.45) is 1.78. The number of alkyl halides is 1.